The van der Waals surface area contributed by atoms with Crippen LogP contribution in [0.5, 0.6) is 0 Å². The van der Waals surface area contributed by atoms with E-state index in [1.165, 1.54) is 0 Å². The number of morpholine rings is 1. The summed E-state index contributed by atoms with van der Waals surface area (Å²) in [7, 11) is 0. The van der Waals surface area contributed by atoms with Gasteiger partial charge in [0.05, 0.1) is 23.5 Å². The lowest BCUT2D eigenvalue weighted by Gasteiger charge is -2.35. The van der Waals surface area contributed by atoms with Gasteiger partial charge < -0.3 is 19.7 Å². The SMILES string of the molecule is C[C@@H]1CN(C(=O)COC(=O)c2ccc3c(c2)NC(=O)CCS3)C[C@H](C)O1. The molecule has 1 aromatic rings. The molecule has 1 aromatic carbocycles. The Kier molecular flexibility index (Phi) is 5.83. The summed E-state index contributed by atoms with van der Waals surface area (Å²) >= 11 is 1.56. The van der Waals surface area contributed by atoms with Crippen molar-refractivity contribution in [2.24, 2.45) is 0 Å². The molecule has 0 saturated carbocycles. The highest BCUT2D eigenvalue weighted by molar-refractivity contribution is 7.99. The Balaban J connectivity index is 1.60. The van der Waals surface area contributed by atoms with E-state index >= 15 is 0 Å². The topological polar surface area (TPSA) is 84.9 Å². The van der Waals surface area contributed by atoms with Gasteiger partial charge in [0.25, 0.3) is 5.91 Å². The van der Waals surface area contributed by atoms with E-state index in [1.807, 2.05) is 13.8 Å². The summed E-state index contributed by atoms with van der Waals surface area (Å²) in [5, 5.41) is 2.79. The van der Waals surface area contributed by atoms with Crippen molar-refractivity contribution >= 4 is 35.2 Å². The molecule has 1 saturated heterocycles. The number of amides is 2. The lowest BCUT2D eigenvalue weighted by atomic mass is 10.2. The first-order chi connectivity index (χ1) is 12.4. The largest absolute Gasteiger partial charge is 0.452 e. The third-order valence-corrected chi connectivity index (χ3v) is 5.25. The predicted molar refractivity (Wildman–Crippen MR) is 97.3 cm³/mol. The summed E-state index contributed by atoms with van der Waals surface area (Å²) in [6, 6.07) is 5.03. The molecule has 1 N–H and O–H groups in total. The number of esters is 1. The minimum absolute atomic E-state index is 0.0379. The molecule has 2 amide bonds. The fourth-order valence-electron chi connectivity index (χ4n) is 3.03. The van der Waals surface area contributed by atoms with Crippen LogP contribution in [0.2, 0.25) is 0 Å². The Bertz CT molecular complexity index is 714. The van der Waals surface area contributed by atoms with Crippen molar-refractivity contribution in [2.75, 3.05) is 30.8 Å². The number of nitrogens with one attached hydrogen (secondary N) is 1. The van der Waals surface area contributed by atoms with Gasteiger partial charge in [-0.05, 0) is 32.0 Å². The fraction of sp³-hybridized carbons (Fsp3) is 0.500. The molecule has 0 radical (unpaired) electrons. The maximum atomic E-state index is 12.3. The summed E-state index contributed by atoms with van der Waals surface area (Å²) in [4.78, 5) is 38.8. The Morgan fingerprint density at radius 3 is 2.77 bits per heavy atom. The molecule has 26 heavy (non-hydrogen) atoms. The second-order valence-electron chi connectivity index (χ2n) is 6.49. The minimum atomic E-state index is -0.584. The molecule has 0 aliphatic carbocycles. The predicted octanol–water partition coefficient (Wildman–Crippen LogP) is 1.91. The van der Waals surface area contributed by atoms with Crippen LogP contribution >= 0.6 is 11.8 Å². The zero-order valence-corrected chi connectivity index (χ0v) is 15.6. The second-order valence-corrected chi connectivity index (χ2v) is 7.63. The van der Waals surface area contributed by atoms with Crippen LogP contribution in [0.25, 0.3) is 0 Å². The average molecular weight is 378 g/mol. The van der Waals surface area contributed by atoms with E-state index in [9.17, 15) is 14.4 Å². The van der Waals surface area contributed by atoms with Crippen LogP contribution < -0.4 is 5.32 Å². The number of nitrogens with zero attached hydrogens (tertiary/aromatic N) is 1. The summed E-state index contributed by atoms with van der Waals surface area (Å²) in [6.45, 7) is 4.48. The molecular formula is C18H22N2O5S. The molecule has 8 heteroatoms. The quantitative estimate of drug-likeness (QED) is 0.809. The summed E-state index contributed by atoms with van der Waals surface area (Å²) in [5.41, 5.74) is 0.914. The molecule has 3 rings (SSSR count). The van der Waals surface area contributed by atoms with Gasteiger partial charge in [-0.25, -0.2) is 4.79 Å². The number of ether oxygens (including phenoxy) is 2. The number of carbonyl (C=O) groups excluding carboxylic acids is 3. The molecule has 1 fully saturated rings. The highest BCUT2D eigenvalue weighted by Crippen LogP contribution is 2.31. The van der Waals surface area contributed by atoms with Gasteiger partial charge in [0.2, 0.25) is 5.91 Å². The van der Waals surface area contributed by atoms with Gasteiger partial charge in [-0.3, -0.25) is 9.59 Å². The number of carbonyl (C=O) groups is 3. The fourth-order valence-corrected chi connectivity index (χ4v) is 3.97. The van der Waals surface area contributed by atoms with E-state index < -0.39 is 5.97 Å². The van der Waals surface area contributed by atoms with Crippen LogP contribution in [0.15, 0.2) is 23.1 Å². The van der Waals surface area contributed by atoms with Crippen molar-refractivity contribution < 1.29 is 23.9 Å². The van der Waals surface area contributed by atoms with Crippen molar-refractivity contribution in [3.63, 3.8) is 0 Å². The molecule has 0 bridgehead atoms. The van der Waals surface area contributed by atoms with Crippen LogP contribution in [-0.2, 0) is 19.1 Å². The first-order valence-corrected chi connectivity index (χ1v) is 9.58. The maximum Gasteiger partial charge on any atom is 0.338 e. The van der Waals surface area contributed by atoms with Crippen molar-refractivity contribution in [3.8, 4) is 0 Å². The molecule has 2 atom stereocenters. The average Bonchev–Trinajstić information content (AvgIpc) is 2.78. The molecule has 140 valence electrons. The summed E-state index contributed by atoms with van der Waals surface area (Å²) < 4.78 is 10.8. The minimum Gasteiger partial charge on any atom is -0.452 e. The second kappa shape index (κ2) is 8.09. The summed E-state index contributed by atoms with van der Waals surface area (Å²) in [6.07, 6.45) is 0.359. The van der Waals surface area contributed by atoms with E-state index in [4.69, 9.17) is 9.47 Å². The first-order valence-electron chi connectivity index (χ1n) is 8.59. The highest BCUT2D eigenvalue weighted by atomic mass is 32.2. The van der Waals surface area contributed by atoms with Gasteiger partial charge in [-0.1, -0.05) is 0 Å². The van der Waals surface area contributed by atoms with E-state index in [1.54, 1.807) is 34.9 Å². The van der Waals surface area contributed by atoms with Crippen LogP contribution in [0.1, 0.15) is 30.6 Å². The Morgan fingerprint density at radius 2 is 2.04 bits per heavy atom. The van der Waals surface area contributed by atoms with Gasteiger partial charge in [0, 0.05) is 30.2 Å². The van der Waals surface area contributed by atoms with E-state index in [0.717, 1.165) is 4.90 Å². The van der Waals surface area contributed by atoms with Crippen LogP contribution in [0.4, 0.5) is 5.69 Å². The third-order valence-electron chi connectivity index (χ3n) is 4.18. The maximum absolute atomic E-state index is 12.3. The number of fused-ring (bicyclic) bond motifs is 1. The van der Waals surface area contributed by atoms with Gasteiger partial charge in [0.15, 0.2) is 6.61 Å². The molecule has 0 unspecified atom stereocenters. The van der Waals surface area contributed by atoms with Gasteiger partial charge in [-0.15, -0.1) is 11.8 Å². The molecule has 0 aromatic heterocycles. The number of hydrogen-bond donors (Lipinski definition) is 1. The monoisotopic (exact) mass is 378 g/mol. The van der Waals surface area contributed by atoms with Gasteiger partial charge in [0.1, 0.15) is 0 Å². The van der Waals surface area contributed by atoms with Crippen molar-refractivity contribution in [3.05, 3.63) is 23.8 Å². The number of anilines is 1. The zero-order chi connectivity index (χ0) is 18.7. The number of hydrogen-bond acceptors (Lipinski definition) is 6. The molecule has 2 aliphatic heterocycles. The Morgan fingerprint density at radius 1 is 1.31 bits per heavy atom. The summed E-state index contributed by atoms with van der Waals surface area (Å²) in [5.74, 6) is -0.196. The smallest absolute Gasteiger partial charge is 0.338 e. The van der Waals surface area contributed by atoms with Gasteiger partial charge in [-0.2, -0.15) is 0 Å². The highest BCUT2D eigenvalue weighted by Gasteiger charge is 2.26. The van der Waals surface area contributed by atoms with E-state index in [0.29, 0.717) is 36.5 Å². The zero-order valence-electron chi connectivity index (χ0n) is 14.8. The standard InChI is InChI=1S/C18H22N2O5S/c1-11-8-20(9-12(2)25-11)17(22)10-24-18(23)13-3-4-15-14(7-13)19-16(21)5-6-26-15/h3-4,7,11-12H,5-6,8-10H2,1-2H3,(H,19,21)/t11-,12+. The van der Waals surface area contributed by atoms with Crippen molar-refractivity contribution in [2.45, 2.75) is 37.4 Å². The van der Waals surface area contributed by atoms with E-state index in [2.05, 4.69) is 5.32 Å². The normalized spacial score (nSPS) is 22.8. The first kappa shape index (κ1) is 18.7. The Hall–Kier alpha value is -2.06. The molecular weight excluding hydrogens is 356 g/mol. The molecule has 7 nitrogen and oxygen atoms in total. The molecule has 2 heterocycles. The van der Waals surface area contributed by atoms with E-state index in [-0.39, 0.29) is 30.6 Å². The van der Waals surface area contributed by atoms with Crippen molar-refractivity contribution in [1.29, 1.82) is 0 Å². The van der Waals surface area contributed by atoms with Gasteiger partial charge >= 0.3 is 5.97 Å². The lowest BCUT2D eigenvalue weighted by molar-refractivity contribution is -0.146. The van der Waals surface area contributed by atoms with Crippen molar-refractivity contribution in [1.82, 2.24) is 4.90 Å². The molecule has 0 spiro atoms. The number of rotatable bonds is 3. The van der Waals surface area contributed by atoms with Crippen LogP contribution in [-0.4, -0.2) is 60.3 Å². The third kappa shape index (κ3) is 4.56. The van der Waals surface area contributed by atoms with Crippen LogP contribution in [0, 0.1) is 0 Å². The number of benzene rings is 1. The van der Waals surface area contributed by atoms with Crippen LogP contribution in [0.3, 0.4) is 0 Å². The lowest BCUT2D eigenvalue weighted by Crippen LogP contribution is -2.49. The number of thioether (sulfide) groups is 1. The molecule has 2 aliphatic rings. The Labute approximate surface area is 156 Å².